The van der Waals surface area contributed by atoms with E-state index in [1.54, 1.807) is 12.1 Å². The van der Waals surface area contributed by atoms with E-state index >= 15 is 0 Å². The third kappa shape index (κ3) is 2.62. The molecule has 0 aromatic heterocycles. The van der Waals surface area contributed by atoms with Crippen LogP contribution in [0.4, 0.5) is 11.4 Å². The highest BCUT2D eigenvalue weighted by Gasteiger charge is 2.43. The zero-order valence-electron chi connectivity index (χ0n) is 13.2. The molecule has 4 rings (SSSR count). The van der Waals surface area contributed by atoms with Crippen LogP contribution in [-0.2, 0) is 0 Å². The highest BCUT2D eigenvalue weighted by Crippen LogP contribution is 2.56. The van der Waals surface area contributed by atoms with Gasteiger partial charge in [-0.25, -0.2) is 0 Å². The van der Waals surface area contributed by atoms with Gasteiger partial charge in [0.1, 0.15) is 5.02 Å². The van der Waals surface area contributed by atoms with Crippen LogP contribution in [0.1, 0.15) is 29.5 Å². The van der Waals surface area contributed by atoms with Crippen LogP contribution >= 0.6 is 34.8 Å². The van der Waals surface area contributed by atoms with Gasteiger partial charge in [0.15, 0.2) is 0 Å². The van der Waals surface area contributed by atoms with Crippen LogP contribution in [0.2, 0.25) is 15.1 Å². The first-order valence-electron chi connectivity index (χ1n) is 7.94. The Labute approximate surface area is 164 Å². The largest absolute Gasteiger partial charge is 0.871 e. The van der Waals surface area contributed by atoms with Crippen LogP contribution < -0.4 is 10.4 Å². The minimum atomic E-state index is -0.527. The lowest BCUT2D eigenvalue weighted by Gasteiger charge is -2.39. The Morgan fingerprint density at radius 1 is 1.15 bits per heavy atom. The van der Waals surface area contributed by atoms with E-state index < -0.39 is 4.92 Å². The second-order valence-electron chi connectivity index (χ2n) is 6.39. The second kappa shape index (κ2) is 6.34. The molecule has 26 heavy (non-hydrogen) atoms. The number of hydrogen-bond donors (Lipinski definition) is 1. The number of anilines is 1. The fourth-order valence-corrected chi connectivity index (χ4v) is 4.74. The lowest BCUT2D eigenvalue weighted by Crippen LogP contribution is -2.30. The van der Waals surface area contributed by atoms with E-state index in [1.807, 2.05) is 18.2 Å². The summed E-state index contributed by atoms with van der Waals surface area (Å²) in [4.78, 5) is 11.0. The van der Waals surface area contributed by atoms with Crippen molar-refractivity contribution in [1.29, 1.82) is 0 Å². The fourth-order valence-electron chi connectivity index (χ4n) is 3.94. The summed E-state index contributed by atoms with van der Waals surface area (Å²) >= 11 is 18.4. The van der Waals surface area contributed by atoms with Gasteiger partial charge in [-0.3, -0.25) is 10.1 Å². The number of nitro benzene ring substituents is 1. The van der Waals surface area contributed by atoms with Gasteiger partial charge >= 0.3 is 0 Å². The predicted octanol–water partition coefficient (Wildman–Crippen LogP) is 5.46. The second-order valence-corrected chi connectivity index (χ2v) is 7.64. The molecule has 2 aliphatic rings. The van der Waals surface area contributed by atoms with Crippen LogP contribution in [0.3, 0.4) is 0 Å². The smallest absolute Gasteiger partial charge is 0.293 e. The SMILES string of the molecule is O=[N+]([O-])c1c(Cl)cc([O-])c2c1[C@H]1C=CC[C@@H]1[C@H](c1ccc(Cl)cc1Cl)N2. The van der Waals surface area contributed by atoms with Crippen molar-refractivity contribution in [2.45, 2.75) is 18.4 Å². The Hall–Kier alpha value is -1.95. The minimum Gasteiger partial charge on any atom is -0.871 e. The highest BCUT2D eigenvalue weighted by molar-refractivity contribution is 6.35. The Morgan fingerprint density at radius 3 is 2.62 bits per heavy atom. The first-order valence-corrected chi connectivity index (χ1v) is 9.07. The number of allylic oxidation sites excluding steroid dienone is 2. The van der Waals surface area contributed by atoms with Crippen molar-refractivity contribution in [2.75, 3.05) is 5.32 Å². The van der Waals surface area contributed by atoms with Gasteiger partial charge in [0, 0.05) is 21.7 Å². The maximum atomic E-state index is 12.5. The van der Waals surface area contributed by atoms with E-state index in [-0.39, 0.29) is 40.0 Å². The van der Waals surface area contributed by atoms with E-state index in [1.165, 1.54) is 0 Å². The van der Waals surface area contributed by atoms with Crippen molar-refractivity contribution in [3.8, 4) is 5.75 Å². The monoisotopic (exact) mass is 409 g/mol. The normalized spacial score (nSPS) is 23.3. The maximum absolute atomic E-state index is 12.5. The van der Waals surface area contributed by atoms with Crippen LogP contribution in [0.25, 0.3) is 0 Å². The van der Waals surface area contributed by atoms with Gasteiger partial charge in [0.2, 0.25) is 0 Å². The third-order valence-corrected chi connectivity index (χ3v) is 5.86. The lowest BCUT2D eigenvalue weighted by atomic mass is 9.76. The number of fused-ring (bicyclic) bond motifs is 3. The molecule has 0 radical (unpaired) electrons. The van der Waals surface area contributed by atoms with Crippen molar-refractivity contribution in [3.63, 3.8) is 0 Å². The molecule has 1 aliphatic carbocycles. The quantitative estimate of drug-likeness (QED) is 0.405. The van der Waals surface area contributed by atoms with Crippen molar-refractivity contribution in [2.24, 2.45) is 5.92 Å². The van der Waals surface area contributed by atoms with E-state index in [4.69, 9.17) is 34.8 Å². The average Bonchev–Trinajstić information content (AvgIpc) is 3.04. The number of nitrogens with one attached hydrogen (secondary N) is 1. The van der Waals surface area contributed by atoms with Crippen LogP contribution in [0, 0.1) is 16.0 Å². The number of halogens is 3. The molecule has 3 atom stereocenters. The number of hydrogen-bond acceptors (Lipinski definition) is 4. The number of nitro groups is 1. The molecule has 2 aromatic carbocycles. The summed E-state index contributed by atoms with van der Waals surface area (Å²) in [6, 6.07) is 6.03. The molecule has 0 amide bonds. The van der Waals surface area contributed by atoms with E-state index in [9.17, 15) is 15.2 Å². The number of rotatable bonds is 2. The average molecular weight is 411 g/mol. The summed E-state index contributed by atoms with van der Waals surface area (Å²) in [5, 5.41) is 28.1. The van der Waals surface area contributed by atoms with Gasteiger partial charge in [-0.1, -0.05) is 58.8 Å². The Balaban J connectivity index is 1.91. The Morgan fingerprint density at radius 2 is 1.92 bits per heavy atom. The van der Waals surface area contributed by atoms with Crippen molar-refractivity contribution < 1.29 is 10.0 Å². The molecule has 134 valence electrons. The van der Waals surface area contributed by atoms with Gasteiger partial charge in [0.05, 0.1) is 16.5 Å². The molecule has 1 N–H and O–H groups in total. The minimum absolute atomic E-state index is 0.0160. The molecule has 0 bridgehead atoms. The molecular weight excluding hydrogens is 399 g/mol. The van der Waals surface area contributed by atoms with Gasteiger partial charge in [-0.2, -0.15) is 0 Å². The van der Waals surface area contributed by atoms with Crippen LogP contribution in [0.15, 0.2) is 36.4 Å². The van der Waals surface area contributed by atoms with E-state index in [0.717, 1.165) is 11.6 Å². The Kier molecular flexibility index (Phi) is 4.26. The summed E-state index contributed by atoms with van der Waals surface area (Å²) in [6.07, 6.45) is 4.58. The summed E-state index contributed by atoms with van der Waals surface area (Å²) in [7, 11) is 0. The van der Waals surface area contributed by atoms with Gasteiger partial charge in [-0.15, -0.1) is 0 Å². The fraction of sp³-hybridized carbons (Fsp3) is 0.222. The lowest BCUT2D eigenvalue weighted by molar-refractivity contribution is -0.385. The summed E-state index contributed by atoms with van der Waals surface area (Å²) in [6.45, 7) is 0. The molecular formula is C18H12Cl3N2O3-. The molecule has 5 nitrogen and oxygen atoms in total. The van der Waals surface area contributed by atoms with Crippen molar-refractivity contribution in [1.82, 2.24) is 0 Å². The topological polar surface area (TPSA) is 78.2 Å². The molecule has 0 fully saturated rings. The zero-order chi connectivity index (χ0) is 18.6. The van der Waals surface area contributed by atoms with Gasteiger partial charge < -0.3 is 10.4 Å². The number of benzene rings is 2. The highest BCUT2D eigenvalue weighted by atomic mass is 35.5. The first kappa shape index (κ1) is 17.5. The Bertz CT molecular complexity index is 961. The molecule has 0 saturated heterocycles. The van der Waals surface area contributed by atoms with E-state index in [0.29, 0.717) is 22.0 Å². The van der Waals surface area contributed by atoms with Gasteiger partial charge in [-0.05, 0) is 36.1 Å². The summed E-state index contributed by atoms with van der Waals surface area (Å²) < 4.78 is 0. The van der Waals surface area contributed by atoms with Crippen LogP contribution in [-0.4, -0.2) is 4.92 Å². The zero-order valence-corrected chi connectivity index (χ0v) is 15.5. The van der Waals surface area contributed by atoms with E-state index in [2.05, 4.69) is 5.32 Å². The summed E-state index contributed by atoms with van der Waals surface area (Å²) in [5.74, 6) is -0.669. The first-order chi connectivity index (χ1) is 12.4. The molecule has 2 aromatic rings. The predicted molar refractivity (Wildman–Crippen MR) is 100 cm³/mol. The standard InChI is InChI=1S/C18H13Cl3N2O3/c19-8-4-5-11(12(20)6-8)16-10-3-1-2-9(10)15-17(22-16)14(24)7-13(21)18(15)23(25)26/h1-2,4-7,9-10,16,22,24H,3H2/p-1/t9-,10-,16+/m0/s1. The third-order valence-electron chi connectivity index (χ3n) is 5.01. The molecule has 8 heteroatoms. The van der Waals surface area contributed by atoms with Crippen molar-refractivity contribution >= 4 is 46.2 Å². The molecule has 0 unspecified atom stereocenters. The summed E-state index contributed by atoms with van der Waals surface area (Å²) in [5.41, 5.74) is 1.16. The molecule has 0 spiro atoms. The molecule has 1 heterocycles. The molecule has 1 aliphatic heterocycles. The van der Waals surface area contributed by atoms with Crippen molar-refractivity contribution in [3.05, 3.63) is 72.7 Å². The maximum Gasteiger partial charge on any atom is 0.293 e. The number of nitrogens with zero attached hydrogens (tertiary/aromatic N) is 1. The van der Waals surface area contributed by atoms with Gasteiger partial charge in [0.25, 0.3) is 5.69 Å². The molecule has 0 saturated carbocycles. The van der Waals surface area contributed by atoms with Crippen LogP contribution in [0.5, 0.6) is 5.75 Å².